The van der Waals surface area contributed by atoms with Crippen LogP contribution in [0, 0.1) is 5.41 Å². The van der Waals surface area contributed by atoms with Crippen molar-refractivity contribution in [2.75, 3.05) is 0 Å². The van der Waals surface area contributed by atoms with Crippen LogP contribution in [0.1, 0.15) is 52.4 Å². The smallest absolute Gasteiger partial charge is 0.133 e. The average Bonchev–Trinajstić information content (AvgIpc) is 2.69. The lowest BCUT2D eigenvalue weighted by Crippen LogP contribution is -2.48. The third-order valence-corrected chi connectivity index (χ3v) is 4.98. The monoisotopic (exact) mass is 235 g/mol. The van der Waals surface area contributed by atoms with E-state index in [2.05, 4.69) is 25.1 Å². The number of rotatable bonds is 0. The summed E-state index contributed by atoms with van der Waals surface area (Å²) < 4.78 is 0. The molecule has 0 amide bonds. The molecule has 0 aromatic rings. The summed E-state index contributed by atoms with van der Waals surface area (Å²) in [5.41, 5.74) is 1.81. The van der Waals surface area contributed by atoms with Crippen molar-refractivity contribution in [2.45, 2.75) is 64.1 Å². The molecule has 1 heterocycles. The molecule has 17 heavy (non-hydrogen) atoms. The molecule has 3 nitrogen and oxygen atoms in total. The SMILES string of the molecule is CC1(C)C2=CCC[C@@]1(O)CCC1CC(=NO1)C2. The maximum Gasteiger partial charge on any atom is 0.133 e. The molecule has 0 saturated heterocycles. The lowest BCUT2D eigenvalue weighted by atomic mass is 9.62. The number of fused-ring (bicyclic) bond motifs is 4. The molecule has 4 bridgehead atoms. The molecule has 0 radical (unpaired) electrons. The highest BCUT2D eigenvalue weighted by Gasteiger charge is 2.48. The molecule has 1 aliphatic heterocycles. The molecule has 0 aromatic carbocycles. The van der Waals surface area contributed by atoms with Crippen LogP contribution in [0.2, 0.25) is 0 Å². The van der Waals surface area contributed by atoms with Crippen LogP contribution in [0.5, 0.6) is 0 Å². The van der Waals surface area contributed by atoms with Gasteiger partial charge in [0.15, 0.2) is 0 Å². The summed E-state index contributed by atoms with van der Waals surface area (Å²) in [6, 6.07) is 0. The second kappa shape index (κ2) is 3.58. The number of aliphatic hydroxyl groups is 1. The van der Waals surface area contributed by atoms with E-state index < -0.39 is 5.60 Å². The van der Waals surface area contributed by atoms with E-state index in [1.54, 1.807) is 0 Å². The molecule has 94 valence electrons. The van der Waals surface area contributed by atoms with Gasteiger partial charge in [-0.15, -0.1) is 0 Å². The topological polar surface area (TPSA) is 41.8 Å². The van der Waals surface area contributed by atoms with Gasteiger partial charge in [0.2, 0.25) is 0 Å². The predicted molar refractivity (Wildman–Crippen MR) is 66.8 cm³/mol. The van der Waals surface area contributed by atoms with Crippen molar-refractivity contribution < 1.29 is 9.94 Å². The fourth-order valence-corrected chi connectivity index (χ4v) is 3.45. The molecule has 0 aromatic heterocycles. The van der Waals surface area contributed by atoms with E-state index in [1.807, 2.05) is 0 Å². The number of hydrogen-bond donors (Lipinski definition) is 1. The molecule has 3 heteroatoms. The molecule has 2 aliphatic carbocycles. The van der Waals surface area contributed by atoms with Crippen molar-refractivity contribution in [1.82, 2.24) is 0 Å². The highest BCUT2D eigenvalue weighted by Crippen LogP contribution is 2.50. The minimum Gasteiger partial charge on any atom is -0.392 e. The normalized spacial score (nSPS) is 39.4. The van der Waals surface area contributed by atoms with Gasteiger partial charge in [-0.05, 0) is 25.7 Å². The molecular formula is C14H21NO2. The molecular weight excluding hydrogens is 214 g/mol. The van der Waals surface area contributed by atoms with E-state index in [9.17, 15) is 5.11 Å². The maximum atomic E-state index is 11.0. The lowest BCUT2D eigenvalue weighted by molar-refractivity contribution is -0.0771. The molecule has 1 saturated carbocycles. The first-order valence-corrected chi connectivity index (χ1v) is 6.65. The molecule has 3 aliphatic rings. The van der Waals surface area contributed by atoms with Crippen LogP contribution in [0.15, 0.2) is 16.8 Å². The van der Waals surface area contributed by atoms with Gasteiger partial charge in [0, 0.05) is 18.3 Å². The van der Waals surface area contributed by atoms with E-state index in [-0.39, 0.29) is 11.5 Å². The van der Waals surface area contributed by atoms with Crippen LogP contribution < -0.4 is 0 Å². The van der Waals surface area contributed by atoms with Gasteiger partial charge in [0.25, 0.3) is 0 Å². The number of hydrogen-bond acceptors (Lipinski definition) is 3. The van der Waals surface area contributed by atoms with Gasteiger partial charge >= 0.3 is 0 Å². The Hall–Kier alpha value is -0.830. The molecule has 1 unspecified atom stereocenters. The average molecular weight is 235 g/mol. The van der Waals surface area contributed by atoms with Crippen molar-refractivity contribution in [3.63, 3.8) is 0 Å². The van der Waals surface area contributed by atoms with Crippen LogP contribution in [0.25, 0.3) is 0 Å². The van der Waals surface area contributed by atoms with E-state index in [0.717, 1.165) is 44.2 Å². The van der Waals surface area contributed by atoms with Gasteiger partial charge in [-0.2, -0.15) is 0 Å². The van der Waals surface area contributed by atoms with Gasteiger partial charge in [-0.25, -0.2) is 0 Å². The molecule has 1 fully saturated rings. The standard InChI is InChI=1S/C14H21NO2/c1-13(2)10-4-3-6-14(13,16)7-5-12-9-11(8-10)15-17-12/h4,12,16H,3,5-9H2,1-2H3/t12?,14-/m1/s1. The Morgan fingerprint density at radius 2 is 2.24 bits per heavy atom. The van der Waals surface area contributed by atoms with E-state index in [1.165, 1.54) is 5.57 Å². The first kappa shape index (κ1) is 11.3. The first-order chi connectivity index (χ1) is 8.01. The van der Waals surface area contributed by atoms with Crippen molar-refractivity contribution in [2.24, 2.45) is 10.6 Å². The predicted octanol–water partition coefficient (Wildman–Crippen LogP) is 2.79. The minimum absolute atomic E-state index is 0.127. The van der Waals surface area contributed by atoms with Crippen LogP contribution in [0.3, 0.4) is 0 Å². The van der Waals surface area contributed by atoms with Crippen LogP contribution in [-0.2, 0) is 4.84 Å². The van der Waals surface area contributed by atoms with Crippen molar-refractivity contribution >= 4 is 5.71 Å². The third-order valence-electron chi connectivity index (χ3n) is 4.98. The fourth-order valence-electron chi connectivity index (χ4n) is 3.45. The second-order valence-corrected chi connectivity index (χ2v) is 6.23. The van der Waals surface area contributed by atoms with Crippen molar-refractivity contribution in [1.29, 1.82) is 0 Å². The Balaban J connectivity index is 2.01. The molecule has 2 atom stereocenters. The molecule has 3 rings (SSSR count). The Kier molecular flexibility index (Phi) is 2.37. The Labute approximate surface area is 103 Å². The van der Waals surface area contributed by atoms with Crippen LogP contribution in [0.4, 0.5) is 0 Å². The third kappa shape index (κ3) is 1.63. The minimum atomic E-state index is -0.564. The van der Waals surface area contributed by atoms with Gasteiger partial charge in [0.1, 0.15) is 6.10 Å². The zero-order valence-corrected chi connectivity index (χ0v) is 10.7. The number of nitrogens with zero attached hydrogens (tertiary/aromatic N) is 1. The lowest BCUT2D eigenvalue weighted by Gasteiger charge is -2.47. The summed E-state index contributed by atoms with van der Waals surface area (Å²) in [6.07, 6.45) is 7.94. The summed E-state index contributed by atoms with van der Waals surface area (Å²) in [4.78, 5) is 5.42. The Bertz CT molecular complexity index is 397. The number of allylic oxidation sites excluding steroid dienone is 1. The van der Waals surface area contributed by atoms with Crippen LogP contribution >= 0.6 is 0 Å². The summed E-state index contributed by atoms with van der Waals surface area (Å²) in [5, 5.41) is 15.1. The van der Waals surface area contributed by atoms with Gasteiger partial charge in [0.05, 0.1) is 11.3 Å². The highest BCUT2D eigenvalue weighted by molar-refractivity contribution is 5.87. The van der Waals surface area contributed by atoms with Gasteiger partial charge in [-0.1, -0.05) is 30.7 Å². The van der Waals surface area contributed by atoms with E-state index >= 15 is 0 Å². The maximum absolute atomic E-state index is 11.0. The Morgan fingerprint density at radius 1 is 1.41 bits per heavy atom. The summed E-state index contributed by atoms with van der Waals surface area (Å²) in [6.45, 7) is 4.36. The van der Waals surface area contributed by atoms with Gasteiger partial charge in [-0.3, -0.25) is 0 Å². The Morgan fingerprint density at radius 3 is 3.06 bits per heavy atom. The van der Waals surface area contributed by atoms with Crippen molar-refractivity contribution in [3.05, 3.63) is 11.6 Å². The van der Waals surface area contributed by atoms with E-state index in [0.29, 0.717) is 0 Å². The zero-order chi connectivity index (χ0) is 12.1. The highest BCUT2D eigenvalue weighted by atomic mass is 16.6. The largest absolute Gasteiger partial charge is 0.392 e. The quantitative estimate of drug-likeness (QED) is 0.656. The summed E-state index contributed by atoms with van der Waals surface area (Å²) in [5.74, 6) is 0. The summed E-state index contributed by atoms with van der Waals surface area (Å²) in [7, 11) is 0. The second-order valence-electron chi connectivity index (χ2n) is 6.23. The molecule has 1 N–H and O–H groups in total. The van der Waals surface area contributed by atoms with Crippen molar-refractivity contribution in [3.8, 4) is 0 Å². The fraction of sp³-hybridized carbons (Fsp3) is 0.786. The summed E-state index contributed by atoms with van der Waals surface area (Å²) >= 11 is 0. The first-order valence-electron chi connectivity index (χ1n) is 6.65. The zero-order valence-electron chi connectivity index (χ0n) is 10.7. The van der Waals surface area contributed by atoms with Gasteiger partial charge < -0.3 is 9.94 Å². The van der Waals surface area contributed by atoms with E-state index in [4.69, 9.17) is 4.84 Å². The number of oxime groups is 1. The molecule has 0 spiro atoms. The van der Waals surface area contributed by atoms with Crippen LogP contribution in [-0.4, -0.2) is 22.5 Å².